The Hall–Kier alpha value is -0.590. The highest BCUT2D eigenvalue weighted by atomic mass is 32.1. The number of aryl methyl sites for hydroxylation is 1. The summed E-state index contributed by atoms with van der Waals surface area (Å²) in [7, 11) is 1.73. The Morgan fingerprint density at radius 2 is 2.05 bits per heavy atom. The minimum atomic E-state index is -4.08. The van der Waals surface area contributed by atoms with E-state index in [1.807, 2.05) is 13.8 Å². The van der Waals surface area contributed by atoms with Crippen molar-refractivity contribution in [2.24, 2.45) is 0 Å². The number of hydrogen-bond acceptors (Lipinski definition) is 3. The van der Waals surface area contributed by atoms with E-state index in [0.717, 1.165) is 18.7 Å². The topological polar surface area (TPSA) is 15.3 Å². The molecule has 0 amide bonds. The molecule has 0 spiro atoms. The van der Waals surface area contributed by atoms with E-state index < -0.39 is 12.6 Å². The van der Waals surface area contributed by atoms with Crippen LogP contribution >= 0.6 is 11.3 Å². The molecule has 1 heterocycles. The second kappa shape index (κ2) is 7.26. The lowest BCUT2D eigenvalue weighted by molar-refractivity contribution is -0.137. The van der Waals surface area contributed by atoms with E-state index in [1.54, 1.807) is 23.3 Å². The number of nitrogens with zero attached hydrogens (tertiary/aromatic N) is 1. The fourth-order valence-electron chi connectivity index (χ4n) is 1.77. The van der Waals surface area contributed by atoms with E-state index in [4.69, 9.17) is 0 Å². The molecule has 19 heavy (non-hydrogen) atoms. The van der Waals surface area contributed by atoms with Crippen LogP contribution in [0.4, 0.5) is 13.2 Å². The van der Waals surface area contributed by atoms with E-state index in [9.17, 15) is 13.2 Å². The van der Waals surface area contributed by atoms with Crippen LogP contribution in [0.2, 0.25) is 0 Å². The molecule has 110 valence electrons. The van der Waals surface area contributed by atoms with Crippen LogP contribution in [0.3, 0.4) is 0 Å². The van der Waals surface area contributed by atoms with Gasteiger partial charge in [0.1, 0.15) is 0 Å². The molecule has 0 aliphatic rings. The third-order valence-corrected chi connectivity index (χ3v) is 3.93. The molecule has 1 aromatic heterocycles. The molecule has 1 N–H and O–H groups in total. The zero-order chi connectivity index (χ0) is 14.5. The molecule has 0 aromatic carbocycles. The van der Waals surface area contributed by atoms with Crippen LogP contribution in [0, 0.1) is 6.92 Å². The summed E-state index contributed by atoms with van der Waals surface area (Å²) >= 11 is 1.71. The van der Waals surface area contributed by atoms with Gasteiger partial charge in [-0.2, -0.15) is 13.2 Å². The average Bonchev–Trinajstić information content (AvgIpc) is 2.64. The standard InChI is InChI=1S/C13H21F3N2S/c1-4-17-8-12-7-11(10(2)19-12)9-18(3)6-5-13(14,15)16/h7,17H,4-6,8-9H2,1-3H3. The molecule has 1 aromatic rings. The number of thiophene rings is 1. The average molecular weight is 294 g/mol. The van der Waals surface area contributed by atoms with E-state index in [0.29, 0.717) is 6.54 Å². The summed E-state index contributed by atoms with van der Waals surface area (Å²) in [5.74, 6) is 0. The first-order valence-electron chi connectivity index (χ1n) is 6.36. The SMILES string of the molecule is CCNCc1cc(CN(C)CCC(F)(F)F)c(C)s1. The highest BCUT2D eigenvalue weighted by Gasteiger charge is 2.27. The van der Waals surface area contributed by atoms with Gasteiger partial charge in [0.05, 0.1) is 6.42 Å². The predicted octanol–water partition coefficient (Wildman–Crippen LogP) is 3.55. The number of nitrogens with one attached hydrogen (secondary N) is 1. The van der Waals surface area contributed by atoms with Crippen molar-refractivity contribution in [3.05, 3.63) is 21.4 Å². The van der Waals surface area contributed by atoms with Gasteiger partial charge in [0.25, 0.3) is 0 Å². The van der Waals surface area contributed by atoms with Crippen molar-refractivity contribution in [2.75, 3.05) is 20.1 Å². The molecule has 0 saturated carbocycles. The highest BCUT2D eigenvalue weighted by molar-refractivity contribution is 7.12. The molecular weight excluding hydrogens is 273 g/mol. The second-order valence-electron chi connectivity index (χ2n) is 4.68. The third-order valence-electron chi connectivity index (χ3n) is 2.84. The van der Waals surface area contributed by atoms with Crippen LogP contribution in [0.15, 0.2) is 6.07 Å². The zero-order valence-electron chi connectivity index (χ0n) is 11.6. The van der Waals surface area contributed by atoms with Crippen molar-refractivity contribution < 1.29 is 13.2 Å². The van der Waals surface area contributed by atoms with Gasteiger partial charge in [-0.1, -0.05) is 6.92 Å². The molecule has 1 rings (SSSR count). The number of alkyl halides is 3. The smallest absolute Gasteiger partial charge is 0.312 e. The van der Waals surface area contributed by atoms with Gasteiger partial charge >= 0.3 is 6.18 Å². The molecule has 0 saturated heterocycles. The maximum atomic E-state index is 12.1. The van der Waals surface area contributed by atoms with Gasteiger partial charge in [0, 0.05) is 29.4 Å². The summed E-state index contributed by atoms with van der Waals surface area (Å²) in [6.07, 6.45) is -4.83. The fourth-order valence-corrected chi connectivity index (χ4v) is 2.79. The van der Waals surface area contributed by atoms with Gasteiger partial charge in [-0.3, -0.25) is 0 Å². The monoisotopic (exact) mass is 294 g/mol. The third kappa shape index (κ3) is 6.40. The lowest BCUT2D eigenvalue weighted by Gasteiger charge is -2.17. The Balaban J connectivity index is 2.49. The van der Waals surface area contributed by atoms with Crippen molar-refractivity contribution >= 4 is 11.3 Å². The first-order valence-corrected chi connectivity index (χ1v) is 7.17. The number of rotatable bonds is 7. The Morgan fingerprint density at radius 3 is 2.63 bits per heavy atom. The predicted molar refractivity (Wildman–Crippen MR) is 73.4 cm³/mol. The van der Waals surface area contributed by atoms with Crippen molar-refractivity contribution in [2.45, 2.75) is 39.5 Å². The fraction of sp³-hybridized carbons (Fsp3) is 0.692. The molecule has 0 aliphatic carbocycles. The Morgan fingerprint density at radius 1 is 1.37 bits per heavy atom. The van der Waals surface area contributed by atoms with Crippen molar-refractivity contribution in [1.82, 2.24) is 10.2 Å². The molecule has 0 aliphatic heterocycles. The first kappa shape index (κ1) is 16.5. The molecule has 6 heteroatoms. The van der Waals surface area contributed by atoms with Gasteiger partial charge in [0.15, 0.2) is 0 Å². The highest BCUT2D eigenvalue weighted by Crippen LogP contribution is 2.24. The second-order valence-corrected chi connectivity index (χ2v) is 6.02. The molecule has 2 nitrogen and oxygen atoms in total. The molecule has 0 radical (unpaired) electrons. The Labute approximate surface area is 116 Å². The van der Waals surface area contributed by atoms with Crippen molar-refractivity contribution in [1.29, 1.82) is 0 Å². The van der Waals surface area contributed by atoms with Crippen LogP contribution in [0.5, 0.6) is 0 Å². The largest absolute Gasteiger partial charge is 0.390 e. The van der Waals surface area contributed by atoms with Gasteiger partial charge in [0.2, 0.25) is 0 Å². The summed E-state index contributed by atoms with van der Waals surface area (Å²) < 4.78 is 36.4. The molecule has 0 fully saturated rings. The lowest BCUT2D eigenvalue weighted by atomic mass is 10.2. The van der Waals surface area contributed by atoms with Gasteiger partial charge in [-0.05, 0) is 32.1 Å². The van der Waals surface area contributed by atoms with Crippen molar-refractivity contribution in [3.63, 3.8) is 0 Å². The van der Waals surface area contributed by atoms with Crippen LogP contribution in [0.25, 0.3) is 0 Å². The number of halogens is 3. The van der Waals surface area contributed by atoms with E-state index >= 15 is 0 Å². The lowest BCUT2D eigenvalue weighted by Crippen LogP contribution is -2.24. The summed E-state index contributed by atoms with van der Waals surface area (Å²) in [4.78, 5) is 4.14. The maximum Gasteiger partial charge on any atom is 0.390 e. The molecule has 0 unspecified atom stereocenters. The van der Waals surface area contributed by atoms with Crippen LogP contribution in [0.1, 0.15) is 28.7 Å². The summed E-state index contributed by atoms with van der Waals surface area (Å²) in [6.45, 7) is 6.43. The van der Waals surface area contributed by atoms with Gasteiger partial charge < -0.3 is 10.2 Å². The Bertz CT molecular complexity index is 388. The van der Waals surface area contributed by atoms with Crippen LogP contribution in [-0.4, -0.2) is 31.2 Å². The molecule has 0 bridgehead atoms. The minimum Gasteiger partial charge on any atom is -0.312 e. The Kier molecular flexibility index (Phi) is 6.29. The maximum absolute atomic E-state index is 12.1. The van der Waals surface area contributed by atoms with Crippen molar-refractivity contribution in [3.8, 4) is 0 Å². The van der Waals surface area contributed by atoms with E-state index in [1.165, 1.54) is 9.75 Å². The molecular formula is C13H21F3N2S. The van der Waals surface area contributed by atoms with Crippen LogP contribution < -0.4 is 5.32 Å². The number of hydrogen-bond donors (Lipinski definition) is 1. The first-order chi connectivity index (χ1) is 8.81. The quantitative estimate of drug-likeness (QED) is 0.827. The van der Waals surface area contributed by atoms with E-state index in [-0.39, 0.29) is 6.54 Å². The molecule has 0 atom stereocenters. The minimum absolute atomic E-state index is 0.0430. The summed E-state index contributed by atoms with van der Waals surface area (Å²) in [5.41, 5.74) is 1.13. The van der Waals surface area contributed by atoms with Crippen LogP contribution in [-0.2, 0) is 13.1 Å². The summed E-state index contributed by atoms with van der Waals surface area (Å²) in [5, 5.41) is 3.25. The summed E-state index contributed by atoms with van der Waals surface area (Å²) in [6, 6.07) is 2.09. The van der Waals surface area contributed by atoms with E-state index in [2.05, 4.69) is 11.4 Å². The normalized spacial score (nSPS) is 12.4. The zero-order valence-corrected chi connectivity index (χ0v) is 12.4. The van der Waals surface area contributed by atoms with Gasteiger partial charge in [-0.15, -0.1) is 11.3 Å². The van der Waals surface area contributed by atoms with Gasteiger partial charge in [-0.25, -0.2) is 0 Å².